The van der Waals surface area contributed by atoms with Crippen LogP contribution >= 0.6 is 11.6 Å². The van der Waals surface area contributed by atoms with Crippen molar-refractivity contribution in [1.82, 2.24) is 0 Å². The van der Waals surface area contributed by atoms with E-state index in [0.717, 1.165) is 18.3 Å². The Hall–Kier alpha value is -1.68. The molecule has 0 amide bonds. The van der Waals surface area contributed by atoms with Gasteiger partial charge in [0, 0.05) is 6.07 Å². The predicted molar refractivity (Wildman–Crippen MR) is 55.8 cm³/mol. The number of aromatic nitrogens is 1. The highest BCUT2D eigenvalue weighted by Gasteiger charge is 2.16. The SMILES string of the molecule is [O-][n+]1cccc(-c2c(F)ccc(Cl)c2F)c1. The van der Waals surface area contributed by atoms with Crippen LogP contribution in [0.1, 0.15) is 0 Å². The molecule has 2 rings (SSSR count). The molecule has 0 bridgehead atoms. The fraction of sp³-hybridized carbons (Fsp3) is 0. The molecule has 1 aromatic carbocycles. The molecule has 0 saturated heterocycles. The average molecular weight is 242 g/mol. The number of pyridine rings is 1. The van der Waals surface area contributed by atoms with Gasteiger partial charge in [-0.2, -0.15) is 4.73 Å². The topological polar surface area (TPSA) is 26.9 Å². The highest BCUT2D eigenvalue weighted by Crippen LogP contribution is 2.29. The Morgan fingerprint density at radius 3 is 2.62 bits per heavy atom. The van der Waals surface area contributed by atoms with Crippen molar-refractivity contribution in [2.75, 3.05) is 0 Å². The summed E-state index contributed by atoms with van der Waals surface area (Å²) in [6.07, 6.45) is 2.31. The van der Waals surface area contributed by atoms with Gasteiger partial charge in [-0.1, -0.05) is 11.6 Å². The molecule has 2 aromatic rings. The van der Waals surface area contributed by atoms with E-state index >= 15 is 0 Å². The van der Waals surface area contributed by atoms with E-state index < -0.39 is 11.6 Å². The van der Waals surface area contributed by atoms with Gasteiger partial charge in [-0.3, -0.25) is 0 Å². The quantitative estimate of drug-likeness (QED) is 0.428. The molecule has 1 aromatic heterocycles. The molecule has 1 heterocycles. The molecule has 0 spiro atoms. The van der Waals surface area contributed by atoms with Crippen molar-refractivity contribution in [3.63, 3.8) is 0 Å². The molecule has 0 N–H and O–H groups in total. The van der Waals surface area contributed by atoms with Crippen molar-refractivity contribution >= 4 is 11.6 Å². The highest BCUT2D eigenvalue weighted by molar-refractivity contribution is 6.31. The molecule has 2 nitrogen and oxygen atoms in total. The van der Waals surface area contributed by atoms with E-state index in [1.807, 2.05) is 0 Å². The first kappa shape index (κ1) is 10.8. The van der Waals surface area contributed by atoms with Gasteiger partial charge in [0.05, 0.1) is 16.1 Å². The van der Waals surface area contributed by atoms with Crippen LogP contribution in [0.15, 0.2) is 36.7 Å². The van der Waals surface area contributed by atoms with Gasteiger partial charge in [0.2, 0.25) is 0 Å². The minimum atomic E-state index is -0.868. The van der Waals surface area contributed by atoms with Gasteiger partial charge in [0.15, 0.2) is 18.2 Å². The molecule has 16 heavy (non-hydrogen) atoms. The highest BCUT2D eigenvalue weighted by atomic mass is 35.5. The fourth-order valence-corrected chi connectivity index (χ4v) is 1.55. The predicted octanol–water partition coefficient (Wildman–Crippen LogP) is 2.92. The third-order valence-electron chi connectivity index (χ3n) is 2.11. The lowest BCUT2D eigenvalue weighted by Crippen LogP contribution is -2.24. The molecular weight excluding hydrogens is 236 g/mol. The molecular formula is C11H6ClF2NO. The van der Waals surface area contributed by atoms with Crippen LogP contribution in [0.5, 0.6) is 0 Å². The maximum absolute atomic E-state index is 13.6. The number of nitrogens with zero attached hydrogens (tertiary/aromatic N) is 1. The summed E-state index contributed by atoms with van der Waals surface area (Å²) in [6, 6.07) is 5.03. The van der Waals surface area contributed by atoms with Crippen LogP contribution in [0, 0.1) is 16.8 Å². The van der Waals surface area contributed by atoms with Gasteiger partial charge in [0.25, 0.3) is 0 Å². The molecule has 0 radical (unpaired) electrons. The standard InChI is InChI=1S/C11H6ClF2NO/c12-8-3-4-9(13)10(11(8)14)7-2-1-5-15(16)6-7/h1-6H. The lowest BCUT2D eigenvalue weighted by atomic mass is 10.1. The van der Waals surface area contributed by atoms with Crippen molar-refractivity contribution in [1.29, 1.82) is 0 Å². The van der Waals surface area contributed by atoms with Crippen LogP contribution in [0.2, 0.25) is 5.02 Å². The molecule has 82 valence electrons. The van der Waals surface area contributed by atoms with E-state index in [4.69, 9.17) is 11.6 Å². The van der Waals surface area contributed by atoms with E-state index in [9.17, 15) is 14.0 Å². The molecule has 0 fully saturated rings. The largest absolute Gasteiger partial charge is 0.619 e. The second-order valence-corrected chi connectivity index (χ2v) is 3.58. The van der Waals surface area contributed by atoms with E-state index in [1.54, 1.807) is 0 Å². The number of hydrogen-bond donors (Lipinski definition) is 0. The zero-order chi connectivity index (χ0) is 11.7. The van der Waals surface area contributed by atoms with Crippen molar-refractivity contribution in [2.45, 2.75) is 0 Å². The summed E-state index contributed by atoms with van der Waals surface area (Å²) in [5.41, 5.74) is -0.146. The molecule has 0 saturated carbocycles. The summed E-state index contributed by atoms with van der Waals surface area (Å²) >= 11 is 5.55. The Balaban J connectivity index is 2.68. The third-order valence-corrected chi connectivity index (χ3v) is 2.40. The Morgan fingerprint density at radius 1 is 1.19 bits per heavy atom. The van der Waals surface area contributed by atoms with Crippen LogP contribution in [0.3, 0.4) is 0 Å². The number of hydrogen-bond acceptors (Lipinski definition) is 1. The van der Waals surface area contributed by atoms with Crippen LogP contribution in [-0.4, -0.2) is 0 Å². The Morgan fingerprint density at radius 2 is 1.94 bits per heavy atom. The lowest BCUT2D eigenvalue weighted by Gasteiger charge is -2.05. The van der Waals surface area contributed by atoms with Gasteiger partial charge in [-0.25, -0.2) is 8.78 Å². The van der Waals surface area contributed by atoms with E-state index in [1.165, 1.54) is 18.3 Å². The van der Waals surface area contributed by atoms with Crippen molar-refractivity contribution in [3.8, 4) is 11.1 Å². The first-order chi connectivity index (χ1) is 7.59. The summed E-state index contributed by atoms with van der Waals surface area (Å²) < 4.78 is 27.5. The van der Waals surface area contributed by atoms with E-state index in [2.05, 4.69) is 0 Å². The van der Waals surface area contributed by atoms with Crippen molar-refractivity contribution < 1.29 is 13.5 Å². The Kier molecular flexibility index (Phi) is 2.75. The monoisotopic (exact) mass is 241 g/mol. The van der Waals surface area contributed by atoms with Crippen LogP contribution in [-0.2, 0) is 0 Å². The van der Waals surface area contributed by atoms with E-state index in [-0.39, 0.29) is 16.1 Å². The maximum atomic E-state index is 13.6. The van der Waals surface area contributed by atoms with Crippen LogP contribution in [0.25, 0.3) is 11.1 Å². The molecule has 0 aliphatic heterocycles. The van der Waals surface area contributed by atoms with Crippen molar-refractivity contribution in [3.05, 3.63) is 58.5 Å². The number of rotatable bonds is 1. The Bertz CT molecular complexity index is 546. The molecule has 0 unspecified atom stereocenters. The molecule has 5 heteroatoms. The van der Waals surface area contributed by atoms with Crippen molar-refractivity contribution in [2.24, 2.45) is 0 Å². The maximum Gasteiger partial charge on any atom is 0.188 e. The smallest absolute Gasteiger partial charge is 0.188 e. The molecule has 0 aliphatic carbocycles. The molecule has 0 atom stereocenters. The first-order valence-electron chi connectivity index (χ1n) is 4.42. The summed E-state index contributed by atoms with van der Waals surface area (Å²) in [7, 11) is 0. The van der Waals surface area contributed by atoms with Gasteiger partial charge in [0.1, 0.15) is 5.82 Å². The van der Waals surface area contributed by atoms with Crippen LogP contribution in [0.4, 0.5) is 8.78 Å². The van der Waals surface area contributed by atoms with Gasteiger partial charge < -0.3 is 5.21 Å². The minimum Gasteiger partial charge on any atom is -0.619 e. The van der Waals surface area contributed by atoms with E-state index in [0.29, 0.717) is 4.73 Å². The molecule has 0 aliphatic rings. The van der Waals surface area contributed by atoms with Gasteiger partial charge in [-0.15, -0.1) is 0 Å². The number of benzene rings is 1. The second-order valence-electron chi connectivity index (χ2n) is 3.17. The minimum absolute atomic E-state index is 0.148. The third kappa shape index (κ3) is 1.84. The summed E-state index contributed by atoms with van der Waals surface area (Å²) in [4.78, 5) is 0. The number of halogens is 3. The zero-order valence-electron chi connectivity index (χ0n) is 7.95. The van der Waals surface area contributed by atoms with Gasteiger partial charge in [-0.05, 0) is 18.2 Å². The fourth-order valence-electron chi connectivity index (χ4n) is 1.39. The summed E-state index contributed by atoms with van der Waals surface area (Å²) in [5, 5.41) is 10.8. The summed E-state index contributed by atoms with van der Waals surface area (Å²) in [5.74, 6) is -1.62. The zero-order valence-corrected chi connectivity index (χ0v) is 8.71. The Labute approximate surface area is 95.3 Å². The average Bonchev–Trinajstić information content (AvgIpc) is 2.24. The summed E-state index contributed by atoms with van der Waals surface area (Å²) in [6.45, 7) is 0. The van der Waals surface area contributed by atoms with Gasteiger partial charge >= 0.3 is 0 Å². The second kappa shape index (κ2) is 4.06. The first-order valence-corrected chi connectivity index (χ1v) is 4.80. The normalized spacial score (nSPS) is 10.4. The lowest BCUT2D eigenvalue weighted by molar-refractivity contribution is -0.604. The van der Waals surface area contributed by atoms with Crippen LogP contribution < -0.4 is 4.73 Å².